The Hall–Kier alpha value is 0.470. The van der Waals surface area contributed by atoms with Gasteiger partial charge in [0.2, 0.25) is 5.79 Å². The van der Waals surface area contributed by atoms with E-state index in [2.05, 4.69) is 63.7 Å². The fourth-order valence-corrected chi connectivity index (χ4v) is 8.22. The summed E-state index contributed by atoms with van der Waals surface area (Å²) in [7, 11) is 3.09. The molecule has 0 N–H and O–H groups in total. The molecule has 1 aromatic rings. The Balaban J connectivity index is 2.33. The number of carbonyl (C=O) groups excluding carboxylic acids is 1. The Morgan fingerprint density at radius 1 is 1.00 bits per heavy atom. The Morgan fingerprint density at radius 2 is 1.55 bits per heavy atom. The zero-order valence-corrected chi connectivity index (χ0v) is 18.0. The van der Waals surface area contributed by atoms with E-state index in [9.17, 15) is 4.79 Å². The van der Waals surface area contributed by atoms with Gasteiger partial charge in [-0.1, -0.05) is 94.1 Å². The molecule has 2 aliphatic carbocycles. The summed E-state index contributed by atoms with van der Waals surface area (Å²) in [6, 6.07) is 9.63. The van der Waals surface area contributed by atoms with Gasteiger partial charge in [0.1, 0.15) is 4.32 Å². The summed E-state index contributed by atoms with van der Waals surface area (Å²) in [5.41, 5.74) is 0.904. The second-order valence-corrected chi connectivity index (χ2v) is 9.26. The number of alkyl halides is 2. The van der Waals surface area contributed by atoms with Gasteiger partial charge >= 0.3 is 0 Å². The Morgan fingerprint density at radius 3 is 2.00 bits per heavy atom. The molecule has 0 spiro atoms. The highest BCUT2D eigenvalue weighted by molar-refractivity contribution is 9.16. The van der Waals surface area contributed by atoms with Crippen molar-refractivity contribution in [2.75, 3.05) is 14.2 Å². The van der Waals surface area contributed by atoms with Gasteiger partial charge in [-0.15, -0.1) is 0 Å². The molecule has 1 fully saturated rings. The molecule has 3 unspecified atom stereocenters. The molecule has 0 amide bonds. The molecule has 0 heterocycles. The topological polar surface area (TPSA) is 35.5 Å². The Labute approximate surface area is 162 Å². The summed E-state index contributed by atoms with van der Waals surface area (Å²) >= 11 is 14.5. The number of rotatable bonds is 3. The van der Waals surface area contributed by atoms with E-state index < -0.39 is 20.4 Å². The standard InChI is InChI=1S/C15H12Br4O3/c1-21-15(22-2)13(18)9(8-6-4-3-5-7-8)12(20)14(15,19)11(17)10(13)16/h3-7,9H,1-2H3. The van der Waals surface area contributed by atoms with Crippen molar-refractivity contribution < 1.29 is 14.3 Å². The van der Waals surface area contributed by atoms with Crippen LogP contribution < -0.4 is 0 Å². The predicted octanol–water partition coefficient (Wildman–Crippen LogP) is 4.62. The number of benzene rings is 1. The largest absolute Gasteiger partial charge is 0.350 e. The SMILES string of the molecule is COC1(OC)C2(Br)C(=O)C(c3ccccc3)C1(Br)C(Br)=C2Br. The van der Waals surface area contributed by atoms with Crippen LogP contribution in [0.15, 0.2) is 39.3 Å². The highest BCUT2D eigenvalue weighted by Gasteiger charge is 2.84. The molecule has 0 saturated heterocycles. The van der Waals surface area contributed by atoms with Gasteiger partial charge in [0.25, 0.3) is 0 Å². The summed E-state index contributed by atoms with van der Waals surface area (Å²) < 4.78 is 11.0. The van der Waals surface area contributed by atoms with Gasteiger partial charge in [-0.2, -0.15) is 0 Å². The number of carbonyl (C=O) groups is 1. The van der Waals surface area contributed by atoms with Gasteiger partial charge in [0.15, 0.2) is 10.1 Å². The van der Waals surface area contributed by atoms with Crippen LogP contribution in [0.1, 0.15) is 11.5 Å². The Kier molecular flexibility index (Phi) is 4.32. The second kappa shape index (κ2) is 5.49. The minimum absolute atomic E-state index is 0.0191. The first kappa shape index (κ1) is 17.3. The lowest BCUT2D eigenvalue weighted by molar-refractivity contribution is -0.211. The highest BCUT2D eigenvalue weighted by atomic mass is 79.9. The lowest BCUT2D eigenvalue weighted by Crippen LogP contribution is -2.57. The molecular weight excluding hydrogens is 548 g/mol. The van der Waals surface area contributed by atoms with Crippen molar-refractivity contribution in [2.24, 2.45) is 0 Å². The van der Waals surface area contributed by atoms with Crippen LogP contribution >= 0.6 is 63.7 Å². The lowest BCUT2D eigenvalue weighted by Gasteiger charge is -2.41. The number of ether oxygens (including phenoxy) is 2. The van der Waals surface area contributed by atoms with E-state index in [1.165, 1.54) is 0 Å². The van der Waals surface area contributed by atoms with E-state index in [-0.39, 0.29) is 5.78 Å². The average Bonchev–Trinajstić information content (AvgIpc) is 2.77. The van der Waals surface area contributed by atoms with E-state index in [4.69, 9.17) is 9.47 Å². The third-order valence-corrected chi connectivity index (χ3v) is 10.7. The summed E-state index contributed by atoms with van der Waals surface area (Å²) in [6.07, 6.45) is 0. The first-order valence-electron chi connectivity index (χ1n) is 6.46. The van der Waals surface area contributed by atoms with E-state index >= 15 is 0 Å². The second-order valence-electron chi connectivity index (χ2n) is 5.23. The van der Waals surface area contributed by atoms with E-state index in [1.54, 1.807) is 14.2 Å². The molecule has 3 nitrogen and oxygen atoms in total. The van der Waals surface area contributed by atoms with Crippen LogP contribution in [0, 0.1) is 0 Å². The third-order valence-electron chi connectivity index (χ3n) is 4.45. The normalized spacial score (nSPS) is 36.3. The fraction of sp³-hybridized carbons (Fsp3) is 0.400. The van der Waals surface area contributed by atoms with Gasteiger partial charge in [-0.25, -0.2) is 0 Å². The van der Waals surface area contributed by atoms with Crippen molar-refractivity contribution in [1.29, 1.82) is 0 Å². The molecule has 0 aromatic heterocycles. The number of fused-ring (bicyclic) bond motifs is 2. The molecule has 1 saturated carbocycles. The molecule has 2 aliphatic rings. The first-order valence-corrected chi connectivity index (χ1v) is 9.63. The van der Waals surface area contributed by atoms with Gasteiger partial charge in [-0.05, 0) is 5.56 Å². The van der Waals surface area contributed by atoms with Crippen molar-refractivity contribution in [2.45, 2.75) is 20.4 Å². The lowest BCUT2D eigenvalue weighted by atomic mass is 9.85. The molecule has 0 aliphatic heterocycles. The maximum atomic E-state index is 13.3. The van der Waals surface area contributed by atoms with Crippen LogP contribution in [0.2, 0.25) is 0 Å². The number of hydrogen-bond acceptors (Lipinski definition) is 3. The van der Waals surface area contributed by atoms with Crippen molar-refractivity contribution in [1.82, 2.24) is 0 Å². The average molecular weight is 560 g/mol. The highest BCUT2D eigenvalue weighted by Crippen LogP contribution is 2.74. The Bertz CT molecular complexity index is 671. The molecule has 3 atom stereocenters. The van der Waals surface area contributed by atoms with Crippen molar-refractivity contribution in [3.8, 4) is 0 Å². The van der Waals surface area contributed by atoms with E-state index in [0.717, 1.165) is 10.0 Å². The van der Waals surface area contributed by atoms with E-state index in [0.29, 0.717) is 4.48 Å². The van der Waals surface area contributed by atoms with Crippen molar-refractivity contribution >= 4 is 69.5 Å². The summed E-state index contributed by atoms with van der Waals surface area (Å²) in [4.78, 5) is 13.3. The number of halogens is 4. The van der Waals surface area contributed by atoms with Crippen molar-refractivity contribution in [3.63, 3.8) is 0 Å². The molecule has 22 heavy (non-hydrogen) atoms. The summed E-state index contributed by atoms with van der Waals surface area (Å²) in [5.74, 6) is -1.69. The molecule has 1 aromatic carbocycles. The molecular formula is C15H12Br4O3. The van der Waals surface area contributed by atoms with Gasteiger partial charge < -0.3 is 9.47 Å². The van der Waals surface area contributed by atoms with Gasteiger partial charge in [0.05, 0.1) is 5.92 Å². The fourth-order valence-electron chi connectivity index (χ4n) is 3.51. The zero-order chi connectivity index (χ0) is 16.3. The quantitative estimate of drug-likeness (QED) is 0.400. The molecule has 118 valence electrons. The number of Topliss-reactive ketones (excluding diaryl/α,β-unsaturated/α-hetero) is 1. The van der Waals surface area contributed by atoms with Crippen LogP contribution in [0.5, 0.6) is 0 Å². The van der Waals surface area contributed by atoms with E-state index in [1.807, 2.05) is 30.3 Å². The first-order chi connectivity index (χ1) is 10.3. The van der Waals surface area contributed by atoms with Crippen LogP contribution in [-0.2, 0) is 14.3 Å². The number of hydrogen-bond donors (Lipinski definition) is 0. The minimum atomic E-state index is -1.21. The van der Waals surface area contributed by atoms with Gasteiger partial charge in [0, 0.05) is 23.2 Å². The maximum Gasteiger partial charge on any atom is 0.216 e. The van der Waals surface area contributed by atoms with Crippen LogP contribution in [0.3, 0.4) is 0 Å². The molecule has 3 rings (SSSR count). The monoisotopic (exact) mass is 556 g/mol. The summed E-state index contributed by atoms with van der Waals surface area (Å²) in [6.45, 7) is 0. The minimum Gasteiger partial charge on any atom is -0.350 e. The van der Waals surface area contributed by atoms with Crippen LogP contribution in [0.4, 0.5) is 0 Å². The maximum absolute atomic E-state index is 13.3. The molecule has 2 bridgehead atoms. The molecule has 0 radical (unpaired) electrons. The number of ketones is 1. The smallest absolute Gasteiger partial charge is 0.216 e. The third kappa shape index (κ3) is 1.66. The van der Waals surface area contributed by atoms with Crippen molar-refractivity contribution in [3.05, 3.63) is 44.9 Å². The predicted molar refractivity (Wildman–Crippen MR) is 99.1 cm³/mol. The summed E-state index contributed by atoms with van der Waals surface area (Å²) in [5, 5.41) is 0. The zero-order valence-electron chi connectivity index (χ0n) is 11.7. The van der Waals surface area contributed by atoms with Gasteiger partial charge in [-0.3, -0.25) is 4.79 Å². The molecule has 7 heteroatoms. The van der Waals surface area contributed by atoms with Crippen LogP contribution in [-0.4, -0.2) is 34.4 Å². The van der Waals surface area contributed by atoms with Crippen LogP contribution in [0.25, 0.3) is 0 Å². The number of methoxy groups -OCH3 is 2.